The van der Waals surface area contributed by atoms with Gasteiger partial charge in [-0.1, -0.05) is 103 Å². The number of ether oxygens (including phenoxy) is 3. The van der Waals surface area contributed by atoms with Crippen molar-refractivity contribution in [2.75, 3.05) is 32.2 Å². The molecule has 0 radical (unpaired) electrons. The Bertz CT molecular complexity index is 1750. The second-order valence-electron chi connectivity index (χ2n) is 14.5. The van der Waals surface area contributed by atoms with Crippen molar-refractivity contribution in [1.29, 1.82) is 10.5 Å². The fraction of sp³-hybridized carbons (Fsp3) is 0.692. The van der Waals surface area contributed by atoms with Crippen LogP contribution in [-0.4, -0.2) is 90.0 Å². The molecule has 5 N–H and O–H groups in total. The third-order valence-electron chi connectivity index (χ3n) is 10.0. The number of rotatable bonds is 29. The Morgan fingerprint density at radius 3 is 2.16 bits per heavy atom. The lowest BCUT2D eigenvalue weighted by Crippen LogP contribution is -2.45. The summed E-state index contributed by atoms with van der Waals surface area (Å²) >= 11 is 0. The number of aromatic nitrogens is 5. The SMILES string of the molecule is CCCCCCCCCCCCCCCCCCOC[C@@H](COP(=O)(O)OC[C@@]1(C#N)O[C@@H](c2ccc3c(N)ncnn23)[C@H](O)[C@@H]1O)OCc1cnc(C#N)cn1. The van der Waals surface area contributed by atoms with Gasteiger partial charge in [0.2, 0.25) is 5.60 Å². The highest BCUT2D eigenvalue weighted by Gasteiger charge is 2.57. The molecule has 17 nitrogen and oxygen atoms in total. The molecule has 0 aliphatic carbocycles. The van der Waals surface area contributed by atoms with Gasteiger partial charge >= 0.3 is 7.82 Å². The van der Waals surface area contributed by atoms with Crippen LogP contribution in [0.4, 0.5) is 5.82 Å². The lowest BCUT2D eigenvalue weighted by Gasteiger charge is -2.25. The Balaban J connectivity index is 1.19. The molecule has 0 bridgehead atoms. The van der Waals surface area contributed by atoms with Crippen LogP contribution in [0.25, 0.3) is 5.52 Å². The predicted octanol–water partition coefficient (Wildman–Crippen LogP) is 6.03. The van der Waals surface area contributed by atoms with Crippen LogP contribution >= 0.6 is 7.82 Å². The number of nitriles is 2. The van der Waals surface area contributed by atoms with Crippen molar-refractivity contribution < 1.29 is 42.9 Å². The molecule has 57 heavy (non-hydrogen) atoms. The summed E-state index contributed by atoms with van der Waals surface area (Å²) in [6.45, 7) is 1.33. The third-order valence-corrected chi connectivity index (χ3v) is 11.0. The summed E-state index contributed by atoms with van der Waals surface area (Å²) in [4.78, 5) is 22.6. The summed E-state index contributed by atoms with van der Waals surface area (Å²) in [5, 5.41) is 44.9. The Labute approximate surface area is 335 Å². The Kier molecular flexibility index (Phi) is 19.7. The number of phosphoric acid groups is 1. The topological polar surface area (TPSA) is 253 Å². The molecule has 1 fully saturated rings. The van der Waals surface area contributed by atoms with Crippen molar-refractivity contribution in [3.63, 3.8) is 0 Å². The molecule has 4 heterocycles. The van der Waals surface area contributed by atoms with Crippen LogP contribution in [0.2, 0.25) is 0 Å². The summed E-state index contributed by atoms with van der Waals surface area (Å²) in [5.41, 5.74) is 4.89. The molecule has 18 heteroatoms. The molecular formula is C39H59N8O9P. The van der Waals surface area contributed by atoms with Gasteiger partial charge in [0.05, 0.1) is 43.6 Å². The first kappa shape index (κ1) is 46.1. The summed E-state index contributed by atoms with van der Waals surface area (Å²) in [5.74, 6) is 0.162. The van der Waals surface area contributed by atoms with Gasteiger partial charge in [0.15, 0.2) is 11.5 Å². The van der Waals surface area contributed by atoms with Crippen LogP contribution in [0.1, 0.15) is 133 Å². The maximum absolute atomic E-state index is 13.0. The molecule has 1 aliphatic heterocycles. The molecule has 0 spiro atoms. The molecule has 0 aromatic carbocycles. The number of anilines is 1. The number of fused-ring (bicyclic) bond motifs is 1. The molecule has 3 aromatic heterocycles. The quantitative estimate of drug-likeness (QED) is 0.0461. The Morgan fingerprint density at radius 1 is 0.912 bits per heavy atom. The van der Waals surface area contributed by atoms with Crippen LogP contribution in [-0.2, 0) is 34.4 Å². The van der Waals surface area contributed by atoms with Crippen molar-refractivity contribution in [3.8, 4) is 12.1 Å². The van der Waals surface area contributed by atoms with Crippen LogP contribution in [0.15, 0.2) is 30.9 Å². The van der Waals surface area contributed by atoms with Gasteiger partial charge in [0.1, 0.15) is 55.0 Å². The van der Waals surface area contributed by atoms with Gasteiger partial charge in [-0.25, -0.2) is 19.0 Å². The minimum atomic E-state index is -4.88. The van der Waals surface area contributed by atoms with E-state index in [4.69, 9.17) is 34.3 Å². The first-order valence-electron chi connectivity index (χ1n) is 20.2. The van der Waals surface area contributed by atoms with Crippen LogP contribution in [0.5, 0.6) is 0 Å². The number of nitrogen functional groups attached to an aromatic ring is 1. The highest BCUT2D eigenvalue weighted by Crippen LogP contribution is 2.47. The molecule has 314 valence electrons. The van der Waals surface area contributed by atoms with E-state index in [1.54, 1.807) is 18.2 Å². The molecule has 4 rings (SSSR count). The minimum absolute atomic E-state index is 0.0274. The van der Waals surface area contributed by atoms with Gasteiger partial charge in [-0.2, -0.15) is 15.6 Å². The summed E-state index contributed by atoms with van der Waals surface area (Å²) in [7, 11) is -4.88. The van der Waals surface area contributed by atoms with E-state index in [1.807, 2.05) is 6.07 Å². The van der Waals surface area contributed by atoms with Crippen molar-refractivity contribution in [2.45, 2.75) is 146 Å². The number of hydrogen-bond acceptors (Lipinski definition) is 15. The molecule has 0 amide bonds. The van der Waals surface area contributed by atoms with E-state index in [0.29, 0.717) is 17.8 Å². The monoisotopic (exact) mass is 814 g/mol. The van der Waals surface area contributed by atoms with E-state index in [2.05, 4.69) is 27.0 Å². The number of phosphoric ester groups is 1. The maximum atomic E-state index is 13.0. The average molecular weight is 815 g/mol. The maximum Gasteiger partial charge on any atom is 0.472 e. The zero-order valence-electron chi connectivity index (χ0n) is 33.0. The van der Waals surface area contributed by atoms with Gasteiger partial charge < -0.3 is 35.1 Å². The van der Waals surface area contributed by atoms with E-state index >= 15 is 0 Å². The first-order valence-corrected chi connectivity index (χ1v) is 21.7. The zero-order chi connectivity index (χ0) is 40.9. The molecular weight excluding hydrogens is 755 g/mol. The fourth-order valence-corrected chi connectivity index (χ4v) is 7.45. The van der Waals surface area contributed by atoms with Gasteiger partial charge in [-0.3, -0.25) is 14.0 Å². The normalized spacial score (nSPS) is 21.0. The lowest BCUT2D eigenvalue weighted by molar-refractivity contribution is -0.0791. The summed E-state index contributed by atoms with van der Waals surface area (Å²) < 4.78 is 42.3. The standard InChI is InChI=1S/C39H59N8O9P/c1-2-3-4-5-6-7-8-9-10-11-12-13-14-15-16-17-20-52-25-32(53-24-31-23-43-30(21-40)22-44-31)26-54-57(50,51)55-28-39(27-41)37(49)35(48)36(56-39)33-18-19-34-38(42)45-29-46-47(33)34/h18-19,22-23,29,32,35-37,48-49H,2-17,20,24-26,28H2,1H3,(H,50,51)(H2,42,45,46)/t32-,35-,36-,37-,39+/m0/s1. The molecule has 0 saturated carbocycles. The van der Waals surface area contributed by atoms with Crippen LogP contribution in [0.3, 0.4) is 0 Å². The third kappa shape index (κ3) is 14.6. The summed E-state index contributed by atoms with van der Waals surface area (Å²) in [6, 6.07) is 6.81. The average Bonchev–Trinajstić information content (AvgIpc) is 3.76. The number of hydrogen-bond donors (Lipinski definition) is 4. The molecule has 1 unspecified atom stereocenters. The highest BCUT2D eigenvalue weighted by molar-refractivity contribution is 7.47. The van der Waals surface area contributed by atoms with Crippen LogP contribution < -0.4 is 5.73 Å². The smallest absolute Gasteiger partial charge is 0.387 e. The number of aliphatic hydroxyl groups excluding tert-OH is 2. The second-order valence-corrected chi connectivity index (χ2v) is 16.0. The van der Waals surface area contributed by atoms with E-state index in [0.717, 1.165) is 19.3 Å². The number of nitrogens with zero attached hydrogens (tertiary/aromatic N) is 7. The Hall–Kier alpha value is -3.61. The highest BCUT2D eigenvalue weighted by atomic mass is 31.2. The van der Waals surface area contributed by atoms with Gasteiger partial charge in [-0.05, 0) is 18.6 Å². The molecule has 1 saturated heterocycles. The first-order chi connectivity index (χ1) is 27.6. The fourth-order valence-electron chi connectivity index (χ4n) is 6.67. The zero-order valence-corrected chi connectivity index (χ0v) is 33.9. The number of unbranched alkanes of at least 4 members (excludes halogenated alkanes) is 15. The van der Waals surface area contributed by atoms with Gasteiger partial charge in [0, 0.05) is 6.61 Å². The second kappa shape index (κ2) is 24.3. The summed E-state index contributed by atoms with van der Waals surface area (Å²) in [6.07, 6.45) is 18.5. The largest absolute Gasteiger partial charge is 0.472 e. The predicted molar refractivity (Wildman–Crippen MR) is 209 cm³/mol. The van der Waals surface area contributed by atoms with Crippen LogP contribution in [0, 0.1) is 22.7 Å². The minimum Gasteiger partial charge on any atom is -0.387 e. The van der Waals surface area contributed by atoms with Crippen molar-refractivity contribution in [1.82, 2.24) is 24.6 Å². The van der Waals surface area contributed by atoms with Gasteiger partial charge in [0.25, 0.3) is 0 Å². The van der Waals surface area contributed by atoms with Crippen molar-refractivity contribution in [2.24, 2.45) is 0 Å². The van der Waals surface area contributed by atoms with Crippen molar-refractivity contribution >= 4 is 19.2 Å². The molecule has 6 atom stereocenters. The molecule has 1 aliphatic rings. The van der Waals surface area contributed by atoms with E-state index in [1.165, 1.54) is 107 Å². The van der Waals surface area contributed by atoms with E-state index in [-0.39, 0.29) is 30.4 Å². The number of aliphatic hydroxyl groups is 2. The lowest BCUT2D eigenvalue weighted by atomic mass is 9.96. The van der Waals surface area contributed by atoms with E-state index < -0.39 is 51.1 Å². The number of nitrogens with two attached hydrogens (primary N) is 1. The van der Waals surface area contributed by atoms with Gasteiger partial charge in [-0.15, -0.1) is 0 Å². The van der Waals surface area contributed by atoms with Crippen molar-refractivity contribution in [3.05, 3.63) is 47.9 Å². The molecule has 3 aromatic rings. The Morgan fingerprint density at radius 2 is 1.56 bits per heavy atom. The van der Waals surface area contributed by atoms with E-state index in [9.17, 15) is 24.9 Å².